The minimum absolute atomic E-state index is 0.0472. The molecule has 0 spiro atoms. The van der Waals surface area contributed by atoms with Gasteiger partial charge in [0.25, 0.3) is 11.8 Å². The van der Waals surface area contributed by atoms with Gasteiger partial charge in [0.15, 0.2) is 0 Å². The standard InChI is InChI=1S/C22H25N3O3/c1-3-15(2)23-22(28)18-10-4-5-11-19(18)24-21(27)16-8-6-9-17(14-16)25-13-7-12-20(25)26/h4-6,8-11,14-15H,3,7,12-13H2,1-2H3,(H,23,28)(H,24,27)/t15-/m0/s1. The van der Waals surface area contributed by atoms with E-state index in [9.17, 15) is 14.4 Å². The molecule has 6 heteroatoms. The summed E-state index contributed by atoms with van der Waals surface area (Å²) in [6.07, 6.45) is 2.19. The highest BCUT2D eigenvalue weighted by Gasteiger charge is 2.22. The van der Waals surface area contributed by atoms with Crippen molar-refractivity contribution in [1.29, 1.82) is 0 Å². The monoisotopic (exact) mass is 379 g/mol. The van der Waals surface area contributed by atoms with Crippen molar-refractivity contribution in [3.8, 4) is 0 Å². The smallest absolute Gasteiger partial charge is 0.255 e. The highest BCUT2D eigenvalue weighted by atomic mass is 16.2. The lowest BCUT2D eigenvalue weighted by Crippen LogP contribution is -2.32. The fourth-order valence-electron chi connectivity index (χ4n) is 3.12. The molecule has 6 nitrogen and oxygen atoms in total. The van der Waals surface area contributed by atoms with Crippen molar-refractivity contribution in [2.45, 2.75) is 39.2 Å². The van der Waals surface area contributed by atoms with Gasteiger partial charge in [-0.3, -0.25) is 14.4 Å². The van der Waals surface area contributed by atoms with Gasteiger partial charge in [0.2, 0.25) is 5.91 Å². The molecule has 1 fully saturated rings. The van der Waals surface area contributed by atoms with Crippen LogP contribution in [-0.4, -0.2) is 30.3 Å². The van der Waals surface area contributed by atoms with Crippen LogP contribution in [0.4, 0.5) is 11.4 Å². The van der Waals surface area contributed by atoms with Gasteiger partial charge in [0, 0.05) is 30.3 Å². The van der Waals surface area contributed by atoms with Crippen molar-refractivity contribution in [2.24, 2.45) is 0 Å². The molecule has 0 unspecified atom stereocenters. The summed E-state index contributed by atoms with van der Waals surface area (Å²) >= 11 is 0. The van der Waals surface area contributed by atoms with Crippen molar-refractivity contribution in [3.05, 3.63) is 59.7 Å². The van der Waals surface area contributed by atoms with Gasteiger partial charge in [0.05, 0.1) is 11.3 Å². The predicted molar refractivity (Wildman–Crippen MR) is 110 cm³/mol. The Kier molecular flexibility index (Phi) is 6.09. The first-order chi connectivity index (χ1) is 13.5. The normalized spacial score (nSPS) is 14.6. The lowest BCUT2D eigenvalue weighted by molar-refractivity contribution is -0.117. The van der Waals surface area contributed by atoms with E-state index < -0.39 is 0 Å². The van der Waals surface area contributed by atoms with Crippen molar-refractivity contribution in [3.63, 3.8) is 0 Å². The zero-order chi connectivity index (χ0) is 20.1. The van der Waals surface area contributed by atoms with E-state index in [4.69, 9.17) is 0 Å². The van der Waals surface area contributed by atoms with Gasteiger partial charge in [-0.05, 0) is 50.1 Å². The molecule has 28 heavy (non-hydrogen) atoms. The maximum absolute atomic E-state index is 12.8. The average Bonchev–Trinajstić information content (AvgIpc) is 3.14. The molecule has 2 aromatic rings. The lowest BCUT2D eigenvalue weighted by atomic mass is 10.1. The third kappa shape index (κ3) is 4.39. The lowest BCUT2D eigenvalue weighted by Gasteiger charge is -2.17. The first-order valence-electron chi connectivity index (χ1n) is 9.61. The van der Waals surface area contributed by atoms with Crippen LogP contribution in [0.5, 0.6) is 0 Å². The number of carbonyl (C=O) groups is 3. The fourth-order valence-corrected chi connectivity index (χ4v) is 3.12. The fraction of sp³-hybridized carbons (Fsp3) is 0.318. The van der Waals surface area contributed by atoms with E-state index in [0.29, 0.717) is 29.8 Å². The summed E-state index contributed by atoms with van der Waals surface area (Å²) in [7, 11) is 0. The van der Waals surface area contributed by atoms with Gasteiger partial charge in [-0.25, -0.2) is 0 Å². The Morgan fingerprint density at radius 2 is 1.89 bits per heavy atom. The first kappa shape index (κ1) is 19.6. The number of carbonyl (C=O) groups excluding carboxylic acids is 3. The highest BCUT2D eigenvalue weighted by molar-refractivity contribution is 6.09. The summed E-state index contributed by atoms with van der Waals surface area (Å²) in [5, 5.41) is 5.74. The third-order valence-electron chi connectivity index (χ3n) is 4.90. The Labute approximate surface area is 164 Å². The number of amides is 3. The maximum Gasteiger partial charge on any atom is 0.255 e. The summed E-state index contributed by atoms with van der Waals surface area (Å²) in [5.74, 6) is -0.469. The zero-order valence-corrected chi connectivity index (χ0v) is 16.2. The van der Waals surface area contributed by atoms with E-state index in [2.05, 4.69) is 10.6 Å². The molecule has 2 aromatic carbocycles. The van der Waals surface area contributed by atoms with E-state index in [1.807, 2.05) is 19.9 Å². The molecule has 1 heterocycles. The van der Waals surface area contributed by atoms with Crippen LogP contribution in [0.15, 0.2) is 48.5 Å². The SMILES string of the molecule is CC[C@H](C)NC(=O)c1ccccc1NC(=O)c1cccc(N2CCCC2=O)c1. The molecule has 2 N–H and O–H groups in total. The molecule has 0 aliphatic carbocycles. The van der Waals surface area contributed by atoms with Crippen LogP contribution in [0.3, 0.4) is 0 Å². The summed E-state index contributed by atoms with van der Waals surface area (Å²) in [6.45, 7) is 4.60. The molecule has 1 saturated heterocycles. The largest absolute Gasteiger partial charge is 0.350 e. The number of para-hydroxylation sites is 1. The Bertz CT molecular complexity index is 894. The molecule has 0 saturated carbocycles. The minimum atomic E-state index is -0.322. The van der Waals surface area contributed by atoms with Gasteiger partial charge in [-0.1, -0.05) is 25.1 Å². The molecule has 0 aromatic heterocycles. The van der Waals surface area contributed by atoms with Crippen molar-refractivity contribution < 1.29 is 14.4 Å². The second-order valence-corrected chi connectivity index (χ2v) is 6.98. The van der Waals surface area contributed by atoms with Crippen molar-refractivity contribution in [2.75, 3.05) is 16.8 Å². The molecule has 0 bridgehead atoms. The van der Waals surface area contributed by atoms with Crippen LogP contribution in [0, 0.1) is 0 Å². The van der Waals surface area contributed by atoms with E-state index in [-0.39, 0.29) is 23.8 Å². The van der Waals surface area contributed by atoms with Crippen LogP contribution in [-0.2, 0) is 4.79 Å². The van der Waals surface area contributed by atoms with Gasteiger partial charge in [-0.15, -0.1) is 0 Å². The Morgan fingerprint density at radius 1 is 1.11 bits per heavy atom. The third-order valence-corrected chi connectivity index (χ3v) is 4.90. The molecule has 3 rings (SSSR count). The van der Waals surface area contributed by atoms with Gasteiger partial charge in [0.1, 0.15) is 0 Å². The van der Waals surface area contributed by atoms with Crippen molar-refractivity contribution >= 4 is 29.1 Å². The minimum Gasteiger partial charge on any atom is -0.350 e. The molecule has 146 valence electrons. The predicted octanol–water partition coefficient (Wildman–Crippen LogP) is 3.59. The van der Waals surface area contributed by atoms with Crippen molar-refractivity contribution in [1.82, 2.24) is 5.32 Å². The Hall–Kier alpha value is -3.15. The molecular weight excluding hydrogens is 354 g/mol. The highest BCUT2D eigenvalue weighted by Crippen LogP contribution is 2.23. The van der Waals surface area contributed by atoms with Crippen LogP contribution < -0.4 is 15.5 Å². The van der Waals surface area contributed by atoms with E-state index in [0.717, 1.165) is 18.5 Å². The first-order valence-corrected chi connectivity index (χ1v) is 9.61. The number of benzene rings is 2. The number of nitrogens with one attached hydrogen (secondary N) is 2. The summed E-state index contributed by atoms with van der Waals surface area (Å²) < 4.78 is 0. The molecule has 1 aliphatic rings. The van der Waals surface area contributed by atoms with Crippen LogP contribution in [0.25, 0.3) is 0 Å². The summed E-state index contributed by atoms with van der Waals surface area (Å²) in [5.41, 5.74) is 2.03. The number of nitrogens with zero attached hydrogens (tertiary/aromatic N) is 1. The van der Waals surface area contributed by atoms with Gasteiger partial charge >= 0.3 is 0 Å². The zero-order valence-electron chi connectivity index (χ0n) is 16.2. The van der Waals surface area contributed by atoms with Crippen LogP contribution in [0.1, 0.15) is 53.8 Å². The molecule has 0 radical (unpaired) electrons. The summed E-state index contributed by atoms with van der Waals surface area (Å²) in [4.78, 5) is 38.9. The number of rotatable bonds is 6. The van der Waals surface area contributed by atoms with Crippen LogP contribution in [0.2, 0.25) is 0 Å². The number of anilines is 2. The molecular formula is C22H25N3O3. The van der Waals surface area contributed by atoms with Gasteiger partial charge in [-0.2, -0.15) is 0 Å². The number of hydrogen-bond donors (Lipinski definition) is 2. The molecule has 3 amide bonds. The second kappa shape index (κ2) is 8.69. The molecule has 1 atom stereocenters. The maximum atomic E-state index is 12.8. The topological polar surface area (TPSA) is 78.5 Å². The Balaban J connectivity index is 1.79. The number of hydrogen-bond acceptors (Lipinski definition) is 3. The van der Waals surface area contributed by atoms with Gasteiger partial charge < -0.3 is 15.5 Å². The van der Waals surface area contributed by atoms with E-state index in [1.165, 1.54) is 0 Å². The average molecular weight is 379 g/mol. The van der Waals surface area contributed by atoms with E-state index >= 15 is 0 Å². The Morgan fingerprint density at radius 3 is 2.61 bits per heavy atom. The van der Waals surface area contributed by atoms with Crippen LogP contribution >= 0.6 is 0 Å². The quantitative estimate of drug-likeness (QED) is 0.805. The second-order valence-electron chi connectivity index (χ2n) is 6.98. The summed E-state index contributed by atoms with van der Waals surface area (Å²) in [6, 6.07) is 14.0. The van der Waals surface area contributed by atoms with E-state index in [1.54, 1.807) is 47.4 Å². The molecule has 1 aliphatic heterocycles.